The highest BCUT2D eigenvalue weighted by molar-refractivity contribution is 8.00. The Morgan fingerprint density at radius 2 is 2.00 bits per heavy atom. The number of methoxy groups -OCH3 is 1. The summed E-state index contributed by atoms with van der Waals surface area (Å²) in [7, 11) is -1.52. The first-order valence-corrected chi connectivity index (χ1v) is 9.55. The van der Waals surface area contributed by atoms with Crippen molar-refractivity contribution in [1.29, 1.82) is 0 Å². The fraction of sp³-hybridized carbons (Fsp3) is 0.917. The van der Waals surface area contributed by atoms with Gasteiger partial charge in [0, 0.05) is 12.0 Å². The Morgan fingerprint density at radius 1 is 1.37 bits per heavy atom. The number of ether oxygens (including phenoxy) is 1. The summed E-state index contributed by atoms with van der Waals surface area (Å²) in [5, 5.41) is 3.20. The first-order valence-electron chi connectivity index (χ1n) is 6.34. The summed E-state index contributed by atoms with van der Waals surface area (Å²) in [4.78, 5) is 11.8. The van der Waals surface area contributed by atoms with Crippen molar-refractivity contribution in [3.8, 4) is 0 Å². The van der Waals surface area contributed by atoms with Gasteiger partial charge >= 0.3 is 5.97 Å². The zero-order chi connectivity index (χ0) is 14.9. The zero-order valence-corrected chi connectivity index (χ0v) is 13.8. The first kappa shape index (κ1) is 18.7. The fourth-order valence-corrected chi connectivity index (χ4v) is 3.92. The summed E-state index contributed by atoms with van der Waals surface area (Å²) in [6.45, 7) is 4.61. The van der Waals surface area contributed by atoms with Gasteiger partial charge in [-0.15, -0.1) is 0 Å². The number of carbonyl (C=O) groups is 1. The summed E-state index contributed by atoms with van der Waals surface area (Å²) >= 11 is 1.54. The summed E-state index contributed by atoms with van der Waals surface area (Å²) in [6, 6.07) is 0. The van der Waals surface area contributed by atoms with Crippen molar-refractivity contribution in [2.45, 2.75) is 32.2 Å². The summed E-state index contributed by atoms with van der Waals surface area (Å²) in [5.74, 6) is 1.18. The topological polar surface area (TPSA) is 72.5 Å². The Balaban J connectivity index is 4.16. The van der Waals surface area contributed by atoms with Crippen LogP contribution in [0, 0.1) is 0 Å². The number of hydrogen-bond donors (Lipinski definition) is 1. The molecule has 7 heteroatoms. The Kier molecular flexibility index (Phi) is 8.69. The summed E-state index contributed by atoms with van der Waals surface area (Å²) in [6.07, 6.45) is 2.79. The molecular formula is C12H25NO4S2. The van der Waals surface area contributed by atoms with E-state index in [1.54, 1.807) is 11.8 Å². The molecule has 1 atom stereocenters. The lowest BCUT2D eigenvalue weighted by Gasteiger charge is -2.27. The number of esters is 1. The third-order valence-corrected chi connectivity index (χ3v) is 4.94. The highest BCUT2D eigenvalue weighted by Crippen LogP contribution is 2.16. The number of hydrogen-bond acceptors (Lipinski definition) is 6. The van der Waals surface area contributed by atoms with Gasteiger partial charge in [-0.1, -0.05) is 6.92 Å². The van der Waals surface area contributed by atoms with Crippen molar-refractivity contribution in [3.63, 3.8) is 0 Å². The van der Waals surface area contributed by atoms with E-state index in [-0.39, 0.29) is 11.7 Å². The van der Waals surface area contributed by atoms with Gasteiger partial charge in [0.2, 0.25) is 0 Å². The molecule has 1 N–H and O–H groups in total. The Labute approximate surface area is 120 Å². The van der Waals surface area contributed by atoms with Crippen LogP contribution in [-0.4, -0.2) is 57.1 Å². The molecule has 0 amide bonds. The molecule has 114 valence electrons. The van der Waals surface area contributed by atoms with Gasteiger partial charge in [-0.3, -0.25) is 4.79 Å². The van der Waals surface area contributed by atoms with E-state index in [0.29, 0.717) is 12.2 Å². The summed E-state index contributed by atoms with van der Waals surface area (Å²) < 4.78 is 26.8. The second-order valence-electron chi connectivity index (χ2n) is 4.74. The average molecular weight is 311 g/mol. The third-order valence-electron chi connectivity index (χ3n) is 2.75. The molecule has 5 nitrogen and oxygen atoms in total. The van der Waals surface area contributed by atoms with Crippen molar-refractivity contribution in [1.82, 2.24) is 5.32 Å². The molecule has 0 spiro atoms. The average Bonchev–Trinajstić information content (AvgIpc) is 2.33. The third kappa shape index (κ3) is 8.49. The van der Waals surface area contributed by atoms with Crippen molar-refractivity contribution >= 4 is 27.6 Å². The van der Waals surface area contributed by atoms with E-state index in [9.17, 15) is 13.2 Å². The van der Waals surface area contributed by atoms with Crippen LogP contribution in [0.15, 0.2) is 0 Å². The summed E-state index contributed by atoms with van der Waals surface area (Å²) in [5.41, 5.74) is -0.692. The van der Waals surface area contributed by atoms with Gasteiger partial charge in [0.1, 0.15) is 15.4 Å². The van der Waals surface area contributed by atoms with Crippen LogP contribution in [0.3, 0.4) is 0 Å². The van der Waals surface area contributed by atoms with E-state index in [1.807, 2.05) is 13.8 Å². The highest BCUT2D eigenvalue weighted by Gasteiger charge is 2.32. The first-order chi connectivity index (χ1) is 8.75. The smallest absolute Gasteiger partial charge is 0.325 e. The number of rotatable bonds is 10. The van der Waals surface area contributed by atoms with Gasteiger partial charge < -0.3 is 10.1 Å². The van der Waals surface area contributed by atoms with E-state index in [1.165, 1.54) is 13.4 Å². The van der Waals surface area contributed by atoms with Crippen LogP contribution in [0.1, 0.15) is 26.7 Å². The van der Waals surface area contributed by atoms with E-state index in [4.69, 9.17) is 4.74 Å². The van der Waals surface area contributed by atoms with Crippen molar-refractivity contribution in [3.05, 3.63) is 0 Å². The van der Waals surface area contributed by atoms with Crippen LogP contribution in [0.4, 0.5) is 0 Å². The Morgan fingerprint density at radius 3 is 2.47 bits per heavy atom. The molecule has 0 bridgehead atoms. The van der Waals surface area contributed by atoms with Crippen LogP contribution in [0.25, 0.3) is 0 Å². The molecule has 0 aromatic rings. The predicted molar refractivity (Wildman–Crippen MR) is 80.4 cm³/mol. The van der Waals surface area contributed by atoms with Gasteiger partial charge in [-0.25, -0.2) is 8.42 Å². The number of nitrogens with one attached hydrogen (secondary N) is 1. The molecule has 0 rings (SSSR count). The molecule has 0 saturated heterocycles. The van der Waals surface area contributed by atoms with Gasteiger partial charge in [-0.2, -0.15) is 11.8 Å². The minimum atomic E-state index is -2.90. The molecule has 0 radical (unpaired) electrons. The van der Waals surface area contributed by atoms with Crippen LogP contribution in [0.2, 0.25) is 0 Å². The highest BCUT2D eigenvalue weighted by atomic mass is 32.2. The molecule has 0 saturated carbocycles. The SMILES string of the molecule is CCCNC(C)(CCSCCS(C)(=O)=O)C(=O)OC. The molecule has 0 aliphatic heterocycles. The predicted octanol–water partition coefficient (Wildman–Crippen LogP) is 1.09. The molecule has 0 aromatic heterocycles. The normalized spacial score (nSPS) is 14.9. The van der Waals surface area contributed by atoms with E-state index < -0.39 is 15.4 Å². The van der Waals surface area contributed by atoms with Crippen LogP contribution >= 0.6 is 11.8 Å². The van der Waals surface area contributed by atoms with Crippen molar-refractivity contribution in [2.75, 3.05) is 37.2 Å². The number of carbonyl (C=O) groups excluding carboxylic acids is 1. The van der Waals surface area contributed by atoms with E-state index >= 15 is 0 Å². The lowest BCUT2D eigenvalue weighted by atomic mass is 9.99. The maximum atomic E-state index is 11.8. The molecule has 0 aliphatic carbocycles. The second-order valence-corrected chi connectivity index (χ2v) is 8.23. The van der Waals surface area contributed by atoms with Crippen molar-refractivity contribution < 1.29 is 17.9 Å². The Bertz CT molecular complexity index is 370. The van der Waals surface area contributed by atoms with Gasteiger partial charge in [0.25, 0.3) is 0 Å². The van der Waals surface area contributed by atoms with Crippen molar-refractivity contribution in [2.24, 2.45) is 0 Å². The maximum Gasteiger partial charge on any atom is 0.325 e. The molecule has 1 unspecified atom stereocenters. The van der Waals surface area contributed by atoms with Gasteiger partial charge in [-0.05, 0) is 32.1 Å². The van der Waals surface area contributed by atoms with E-state index in [2.05, 4.69) is 5.32 Å². The monoisotopic (exact) mass is 311 g/mol. The number of sulfone groups is 1. The zero-order valence-electron chi connectivity index (χ0n) is 12.2. The molecule has 19 heavy (non-hydrogen) atoms. The quantitative estimate of drug-likeness (QED) is 0.481. The molecule has 0 aromatic carbocycles. The van der Waals surface area contributed by atoms with Gasteiger partial charge in [0.15, 0.2) is 0 Å². The molecule has 0 fully saturated rings. The van der Waals surface area contributed by atoms with Crippen LogP contribution in [0.5, 0.6) is 0 Å². The van der Waals surface area contributed by atoms with Crippen LogP contribution in [-0.2, 0) is 19.4 Å². The maximum absolute atomic E-state index is 11.8. The standard InChI is InChI=1S/C12H25NO4S2/c1-5-7-13-12(2,11(14)17-3)6-8-18-9-10-19(4,15)16/h13H,5-10H2,1-4H3. The molecule has 0 aliphatic rings. The largest absolute Gasteiger partial charge is 0.468 e. The second kappa shape index (κ2) is 8.81. The number of thioether (sulfide) groups is 1. The van der Waals surface area contributed by atoms with E-state index in [0.717, 1.165) is 18.7 Å². The van der Waals surface area contributed by atoms with Gasteiger partial charge in [0.05, 0.1) is 12.9 Å². The lowest BCUT2D eigenvalue weighted by molar-refractivity contribution is -0.148. The van der Waals surface area contributed by atoms with Crippen LogP contribution < -0.4 is 5.32 Å². The lowest BCUT2D eigenvalue weighted by Crippen LogP contribution is -2.50. The minimum Gasteiger partial charge on any atom is -0.468 e. The molecular weight excluding hydrogens is 286 g/mol. The Hall–Kier alpha value is -0.270. The fourth-order valence-electron chi connectivity index (χ4n) is 1.48. The minimum absolute atomic E-state index is 0.176. The molecule has 0 heterocycles.